The minimum absolute atomic E-state index is 0.0849. The molecule has 1 N–H and O–H groups in total. The highest BCUT2D eigenvalue weighted by Gasteiger charge is 2.49. The van der Waals surface area contributed by atoms with Gasteiger partial charge >= 0.3 is 0 Å². The Labute approximate surface area is 194 Å². The number of furan rings is 1. The maximum Gasteiger partial charge on any atom is 0.276 e. The summed E-state index contributed by atoms with van der Waals surface area (Å²) in [7, 11) is 0. The van der Waals surface area contributed by atoms with Crippen molar-refractivity contribution in [3.63, 3.8) is 0 Å². The van der Waals surface area contributed by atoms with Gasteiger partial charge in [-0.2, -0.15) is 0 Å². The molecular formula is C27H33N3O3. The van der Waals surface area contributed by atoms with Crippen LogP contribution in [-0.2, 0) is 11.3 Å². The van der Waals surface area contributed by atoms with Gasteiger partial charge in [0, 0.05) is 23.9 Å². The number of aromatic nitrogens is 1. The number of benzene rings is 1. The molecule has 33 heavy (non-hydrogen) atoms. The number of carbonyl (C=O) groups is 2. The summed E-state index contributed by atoms with van der Waals surface area (Å²) < 4.78 is 7.53. The van der Waals surface area contributed by atoms with Crippen molar-refractivity contribution in [1.82, 2.24) is 9.88 Å². The lowest BCUT2D eigenvalue weighted by Gasteiger charge is -2.45. The third kappa shape index (κ3) is 3.65. The van der Waals surface area contributed by atoms with Gasteiger partial charge in [0.25, 0.3) is 5.91 Å². The number of aryl methyl sites for hydroxylation is 1. The summed E-state index contributed by atoms with van der Waals surface area (Å²) >= 11 is 0. The van der Waals surface area contributed by atoms with Crippen molar-refractivity contribution in [1.29, 1.82) is 0 Å². The molecule has 174 valence electrons. The molecule has 1 aliphatic heterocycles. The standard InChI is InChI=1S/C27H33N3O3/c1-18-10-9-13-21(19(18)2)30-25(31)23-16-24-22(14-15-33-24)29(23)17-27(30,3)26(32)28-20-11-7-5-4-6-8-12-20/h9-10,13-16,20H,4-8,11-12,17H2,1-3H3,(H,28,32). The second-order valence-corrected chi connectivity index (χ2v) is 9.93. The van der Waals surface area contributed by atoms with Crippen LogP contribution < -0.4 is 10.2 Å². The van der Waals surface area contributed by atoms with E-state index in [0.717, 1.165) is 48.0 Å². The van der Waals surface area contributed by atoms with Crippen LogP contribution in [0.4, 0.5) is 5.69 Å². The van der Waals surface area contributed by atoms with Crippen molar-refractivity contribution in [2.45, 2.75) is 83.8 Å². The van der Waals surface area contributed by atoms with Gasteiger partial charge in [0.1, 0.15) is 11.2 Å². The fourth-order valence-corrected chi connectivity index (χ4v) is 5.51. The fraction of sp³-hybridized carbons (Fsp3) is 0.481. The van der Waals surface area contributed by atoms with E-state index in [1.54, 1.807) is 17.2 Å². The largest absolute Gasteiger partial charge is 0.463 e. The number of carbonyl (C=O) groups excluding carboxylic acids is 2. The molecule has 1 unspecified atom stereocenters. The van der Waals surface area contributed by atoms with Crippen LogP contribution in [0, 0.1) is 13.8 Å². The van der Waals surface area contributed by atoms with E-state index in [2.05, 4.69) is 5.32 Å². The molecule has 0 radical (unpaired) electrons. The summed E-state index contributed by atoms with van der Waals surface area (Å²) in [6, 6.07) is 9.76. The predicted octanol–water partition coefficient (Wildman–Crippen LogP) is 5.50. The highest BCUT2D eigenvalue weighted by Crippen LogP contribution is 2.38. The van der Waals surface area contributed by atoms with E-state index in [4.69, 9.17) is 4.42 Å². The Balaban J connectivity index is 1.58. The molecule has 3 aromatic rings. The van der Waals surface area contributed by atoms with E-state index in [0.29, 0.717) is 17.8 Å². The lowest BCUT2D eigenvalue weighted by Crippen LogP contribution is -2.65. The molecule has 0 spiro atoms. The summed E-state index contributed by atoms with van der Waals surface area (Å²) in [5, 5.41) is 3.35. The number of anilines is 1. The molecule has 2 aliphatic rings. The quantitative estimate of drug-likeness (QED) is 0.576. The zero-order valence-corrected chi connectivity index (χ0v) is 19.8. The highest BCUT2D eigenvalue weighted by atomic mass is 16.3. The molecule has 0 saturated heterocycles. The van der Waals surface area contributed by atoms with Crippen LogP contribution in [0.2, 0.25) is 0 Å². The van der Waals surface area contributed by atoms with Gasteiger partial charge in [-0.1, -0.05) is 44.2 Å². The van der Waals surface area contributed by atoms with Crippen LogP contribution >= 0.6 is 0 Å². The molecule has 0 bridgehead atoms. The van der Waals surface area contributed by atoms with Crippen LogP contribution in [0.25, 0.3) is 11.1 Å². The molecule has 2 amide bonds. The first-order chi connectivity index (χ1) is 15.9. The average molecular weight is 448 g/mol. The van der Waals surface area contributed by atoms with Gasteiger partial charge in [0.2, 0.25) is 5.91 Å². The Kier molecular flexibility index (Phi) is 5.55. The molecular weight excluding hydrogens is 414 g/mol. The summed E-state index contributed by atoms with van der Waals surface area (Å²) in [5.41, 5.74) is 3.92. The van der Waals surface area contributed by atoms with Crippen LogP contribution in [-0.4, -0.2) is 28.0 Å². The van der Waals surface area contributed by atoms with Crippen molar-refractivity contribution < 1.29 is 14.0 Å². The molecule has 1 saturated carbocycles. The average Bonchev–Trinajstić information content (AvgIpc) is 3.35. The summed E-state index contributed by atoms with van der Waals surface area (Å²) in [6.07, 6.45) is 9.64. The Morgan fingerprint density at radius 1 is 1.09 bits per heavy atom. The van der Waals surface area contributed by atoms with Gasteiger partial charge in [0.15, 0.2) is 5.58 Å². The Morgan fingerprint density at radius 3 is 2.58 bits per heavy atom. The number of nitrogens with one attached hydrogen (secondary N) is 1. The van der Waals surface area contributed by atoms with Gasteiger partial charge in [-0.05, 0) is 50.8 Å². The molecule has 3 heterocycles. The number of amides is 2. The first-order valence-corrected chi connectivity index (χ1v) is 12.2. The normalized spacial score (nSPS) is 22.2. The molecule has 1 aromatic carbocycles. The predicted molar refractivity (Wildman–Crippen MR) is 130 cm³/mol. The van der Waals surface area contributed by atoms with E-state index in [1.165, 1.54) is 19.3 Å². The number of hydrogen-bond acceptors (Lipinski definition) is 3. The fourth-order valence-electron chi connectivity index (χ4n) is 5.51. The number of hydrogen-bond donors (Lipinski definition) is 1. The Hall–Kier alpha value is -3.02. The number of nitrogens with zero attached hydrogens (tertiary/aromatic N) is 2. The lowest BCUT2D eigenvalue weighted by atomic mass is 9.90. The van der Waals surface area contributed by atoms with Crippen molar-refractivity contribution in [3.8, 4) is 0 Å². The molecule has 1 atom stereocenters. The minimum Gasteiger partial charge on any atom is -0.463 e. The first-order valence-electron chi connectivity index (χ1n) is 12.2. The van der Waals surface area contributed by atoms with E-state index < -0.39 is 5.54 Å². The van der Waals surface area contributed by atoms with Crippen LogP contribution in [0.15, 0.2) is 41.0 Å². The lowest BCUT2D eigenvalue weighted by molar-refractivity contribution is -0.127. The molecule has 2 aromatic heterocycles. The second-order valence-electron chi connectivity index (χ2n) is 9.93. The third-order valence-corrected chi connectivity index (χ3v) is 7.65. The zero-order valence-electron chi connectivity index (χ0n) is 19.8. The number of rotatable bonds is 3. The van der Waals surface area contributed by atoms with Crippen molar-refractivity contribution in [2.24, 2.45) is 0 Å². The Bertz CT molecular complexity index is 1200. The van der Waals surface area contributed by atoms with E-state index >= 15 is 0 Å². The summed E-state index contributed by atoms with van der Waals surface area (Å²) in [4.78, 5) is 29.6. The van der Waals surface area contributed by atoms with Gasteiger partial charge in [0.05, 0.1) is 18.3 Å². The molecule has 5 rings (SSSR count). The highest BCUT2D eigenvalue weighted by molar-refractivity contribution is 6.14. The van der Waals surface area contributed by atoms with E-state index in [-0.39, 0.29) is 17.9 Å². The molecule has 6 heteroatoms. The smallest absolute Gasteiger partial charge is 0.276 e. The van der Waals surface area contributed by atoms with Crippen LogP contribution in [0.5, 0.6) is 0 Å². The molecule has 6 nitrogen and oxygen atoms in total. The number of fused-ring (bicyclic) bond motifs is 3. The van der Waals surface area contributed by atoms with Gasteiger partial charge in [-0.25, -0.2) is 0 Å². The topological polar surface area (TPSA) is 67.5 Å². The van der Waals surface area contributed by atoms with Crippen LogP contribution in [0.3, 0.4) is 0 Å². The SMILES string of the molecule is Cc1cccc(N2C(=O)c3cc4occc4n3CC2(C)C(=O)NC2CCCCCCC2)c1C. The van der Waals surface area contributed by atoms with Crippen molar-refractivity contribution in [3.05, 3.63) is 53.4 Å². The van der Waals surface area contributed by atoms with Gasteiger partial charge in [-0.3, -0.25) is 14.5 Å². The van der Waals surface area contributed by atoms with Crippen molar-refractivity contribution >= 4 is 28.6 Å². The van der Waals surface area contributed by atoms with E-state index in [9.17, 15) is 9.59 Å². The van der Waals surface area contributed by atoms with Gasteiger partial charge < -0.3 is 14.3 Å². The Morgan fingerprint density at radius 2 is 1.82 bits per heavy atom. The van der Waals surface area contributed by atoms with Crippen LogP contribution in [0.1, 0.15) is 73.5 Å². The van der Waals surface area contributed by atoms with Crippen molar-refractivity contribution in [2.75, 3.05) is 4.90 Å². The maximum absolute atomic E-state index is 14.0. The molecule has 1 fully saturated rings. The van der Waals surface area contributed by atoms with E-state index in [1.807, 2.05) is 49.6 Å². The first kappa shape index (κ1) is 21.8. The summed E-state index contributed by atoms with van der Waals surface area (Å²) in [5.74, 6) is -0.255. The third-order valence-electron chi connectivity index (χ3n) is 7.65. The van der Waals surface area contributed by atoms with Gasteiger partial charge in [-0.15, -0.1) is 0 Å². The second kappa shape index (κ2) is 8.40. The summed E-state index contributed by atoms with van der Waals surface area (Å²) in [6.45, 7) is 6.34. The molecule has 1 aliphatic carbocycles. The minimum atomic E-state index is -1.06. The maximum atomic E-state index is 14.0. The monoisotopic (exact) mass is 447 g/mol. The zero-order chi connectivity index (χ0) is 23.2.